The molecule has 1 N–H and O–H groups in total. The average Bonchev–Trinajstić information content (AvgIpc) is 3.08. The second-order valence-electron chi connectivity index (χ2n) is 4.99. The average molecular weight is 338 g/mol. The highest BCUT2D eigenvalue weighted by molar-refractivity contribution is 6.33. The maximum absolute atomic E-state index is 12.1. The van der Waals surface area contributed by atoms with E-state index in [9.17, 15) is 4.79 Å². The van der Waals surface area contributed by atoms with E-state index in [1.165, 1.54) is 4.68 Å². The summed E-state index contributed by atoms with van der Waals surface area (Å²) in [6.45, 7) is 2.63. The third kappa shape index (κ3) is 3.19. The first kappa shape index (κ1) is 15.5. The molecule has 1 aliphatic heterocycles. The Bertz CT molecular complexity index is 745. The zero-order valence-corrected chi connectivity index (χ0v) is 13.5. The van der Waals surface area contributed by atoms with Gasteiger partial charge in [-0.3, -0.25) is 9.48 Å². The minimum absolute atomic E-state index is 0.222. The second kappa shape index (κ2) is 6.37. The standard InChI is InChI=1S/C15H16ClN3O4/c1-9-13(14(16)19(2)18-9)15(20)17-5-6-21-10-3-4-11-12(7-10)23-8-22-11/h3-4,7H,5-6,8H2,1-2H3,(H,17,20). The molecule has 122 valence electrons. The number of fused-ring (bicyclic) bond motifs is 1. The van der Waals surface area contributed by atoms with Crippen LogP contribution in [0, 0.1) is 6.92 Å². The van der Waals surface area contributed by atoms with Crippen molar-refractivity contribution in [1.82, 2.24) is 15.1 Å². The van der Waals surface area contributed by atoms with Crippen molar-refractivity contribution in [1.29, 1.82) is 0 Å². The lowest BCUT2D eigenvalue weighted by Gasteiger charge is -2.08. The van der Waals surface area contributed by atoms with Gasteiger partial charge in [0.2, 0.25) is 6.79 Å². The van der Waals surface area contributed by atoms with Gasteiger partial charge in [0.25, 0.3) is 5.91 Å². The van der Waals surface area contributed by atoms with Gasteiger partial charge in [0.15, 0.2) is 11.5 Å². The van der Waals surface area contributed by atoms with Gasteiger partial charge in [-0.2, -0.15) is 5.10 Å². The molecule has 0 atom stereocenters. The molecule has 1 aliphatic rings. The van der Waals surface area contributed by atoms with Crippen LogP contribution in [0.5, 0.6) is 17.2 Å². The van der Waals surface area contributed by atoms with Crippen LogP contribution in [0.25, 0.3) is 0 Å². The first-order valence-corrected chi connectivity index (χ1v) is 7.44. The van der Waals surface area contributed by atoms with Crippen molar-refractivity contribution in [3.05, 3.63) is 34.6 Å². The highest BCUT2D eigenvalue weighted by atomic mass is 35.5. The molecule has 7 nitrogen and oxygen atoms in total. The van der Waals surface area contributed by atoms with Crippen molar-refractivity contribution >= 4 is 17.5 Å². The molecule has 0 saturated carbocycles. The molecule has 0 bridgehead atoms. The molecular formula is C15H16ClN3O4. The van der Waals surface area contributed by atoms with Gasteiger partial charge in [0.1, 0.15) is 17.5 Å². The van der Waals surface area contributed by atoms with E-state index in [0.29, 0.717) is 46.8 Å². The number of benzene rings is 1. The quantitative estimate of drug-likeness (QED) is 0.844. The van der Waals surface area contributed by atoms with Gasteiger partial charge in [0.05, 0.1) is 17.8 Å². The van der Waals surface area contributed by atoms with E-state index in [0.717, 1.165) is 0 Å². The van der Waals surface area contributed by atoms with E-state index in [1.807, 2.05) is 0 Å². The molecule has 8 heteroatoms. The molecule has 0 fully saturated rings. The lowest BCUT2D eigenvalue weighted by atomic mass is 10.2. The second-order valence-corrected chi connectivity index (χ2v) is 5.35. The van der Waals surface area contributed by atoms with Crippen LogP contribution in [0.1, 0.15) is 16.1 Å². The van der Waals surface area contributed by atoms with Crippen molar-refractivity contribution < 1.29 is 19.0 Å². The first-order chi connectivity index (χ1) is 11.1. The van der Waals surface area contributed by atoms with Gasteiger partial charge in [-0.1, -0.05) is 11.6 Å². The number of ether oxygens (including phenoxy) is 3. The van der Waals surface area contributed by atoms with Crippen LogP contribution in [0.3, 0.4) is 0 Å². The summed E-state index contributed by atoms with van der Waals surface area (Å²) in [5, 5.41) is 7.18. The zero-order valence-electron chi connectivity index (χ0n) is 12.8. The van der Waals surface area contributed by atoms with Crippen molar-refractivity contribution in [3.8, 4) is 17.2 Å². The van der Waals surface area contributed by atoms with Crippen LogP contribution in [-0.4, -0.2) is 35.6 Å². The monoisotopic (exact) mass is 337 g/mol. The molecule has 1 amide bonds. The summed E-state index contributed by atoms with van der Waals surface area (Å²) in [6, 6.07) is 5.33. The Kier molecular flexibility index (Phi) is 4.29. The summed E-state index contributed by atoms with van der Waals surface area (Å²) < 4.78 is 17.5. The van der Waals surface area contributed by atoms with Gasteiger partial charge in [0, 0.05) is 13.1 Å². The highest BCUT2D eigenvalue weighted by Crippen LogP contribution is 2.34. The maximum Gasteiger partial charge on any atom is 0.256 e. The molecular weight excluding hydrogens is 322 g/mol. The third-order valence-electron chi connectivity index (χ3n) is 3.38. The van der Waals surface area contributed by atoms with Gasteiger partial charge < -0.3 is 19.5 Å². The number of rotatable bonds is 5. The number of halogens is 1. The SMILES string of the molecule is Cc1nn(C)c(Cl)c1C(=O)NCCOc1ccc2c(c1)OCO2. The fourth-order valence-electron chi connectivity index (χ4n) is 2.28. The van der Waals surface area contributed by atoms with Crippen molar-refractivity contribution in [3.63, 3.8) is 0 Å². The van der Waals surface area contributed by atoms with Gasteiger partial charge in [-0.15, -0.1) is 0 Å². The van der Waals surface area contributed by atoms with Gasteiger partial charge in [-0.05, 0) is 19.1 Å². The molecule has 23 heavy (non-hydrogen) atoms. The third-order valence-corrected chi connectivity index (χ3v) is 3.81. The number of aryl methyl sites for hydroxylation is 2. The number of hydrogen-bond donors (Lipinski definition) is 1. The Hall–Kier alpha value is -2.41. The number of carbonyl (C=O) groups excluding carboxylic acids is 1. The molecule has 0 radical (unpaired) electrons. The number of hydrogen-bond acceptors (Lipinski definition) is 5. The predicted molar refractivity (Wildman–Crippen MR) is 83.3 cm³/mol. The Balaban J connectivity index is 1.51. The molecule has 0 aliphatic carbocycles. The van der Waals surface area contributed by atoms with E-state index in [4.69, 9.17) is 25.8 Å². The number of carbonyl (C=O) groups is 1. The predicted octanol–water partition coefficient (Wildman–Crippen LogP) is 1.92. The van der Waals surface area contributed by atoms with Crippen LogP contribution in [0.4, 0.5) is 0 Å². The van der Waals surface area contributed by atoms with Crippen LogP contribution in [0.15, 0.2) is 18.2 Å². The number of nitrogens with zero attached hydrogens (tertiary/aromatic N) is 2. The zero-order chi connectivity index (χ0) is 16.4. The van der Waals surface area contributed by atoms with Crippen LogP contribution < -0.4 is 19.5 Å². The number of nitrogens with one attached hydrogen (secondary N) is 1. The normalized spacial score (nSPS) is 12.3. The van der Waals surface area contributed by atoms with Gasteiger partial charge in [-0.25, -0.2) is 0 Å². The van der Waals surface area contributed by atoms with E-state index >= 15 is 0 Å². The molecule has 1 aromatic carbocycles. The largest absolute Gasteiger partial charge is 0.492 e. The topological polar surface area (TPSA) is 74.6 Å². The van der Waals surface area contributed by atoms with Gasteiger partial charge >= 0.3 is 0 Å². The molecule has 1 aromatic heterocycles. The number of aromatic nitrogens is 2. The summed E-state index contributed by atoms with van der Waals surface area (Å²) in [5.41, 5.74) is 0.976. The molecule has 0 unspecified atom stereocenters. The molecule has 0 spiro atoms. The Morgan fingerprint density at radius 2 is 2.22 bits per heavy atom. The molecule has 2 heterocycles. The minimum Gasteiger partial charge on any atom is -0.492 e. The van der Waals surface area contributed by atoms with Crippen molar-refractivity contribution in [2.45, 2.75) is 6.92 Å². The number of amides is 1. The van der Waals surface area contributed by atoms with Crippen LogP contribution >= 0.6 is 11.6 Å². The summed E-state index contributed by atoms with van der Waals surface area (Å²) in [7, 11) is 1.69. The first-order valence-electron chi connectivity index (χ1n) is 7.06. The summed E-state index contributed by atoms with van der Waals surface area (Å²) in [6.07, 6.45) is 0. The van der Waals surface area contributed by atoms with Crippen LogP contribution in [0.2, 0.25) is 5.15 Å². The molecule has 0 saturated heterocycles. The van der Waals surface area contributed by atoms with E-state index < -0.39 is 0 Å². The van der Waals surface area contributed by atoms with Crippen molar-refractivity contribution in [2.75, 3.05) is 19.9 Å². The minimum atomic E-state index is -0.269. The Morgan fingerprint density at radius 3 is 2.96 bits per heavy atom. The van der Waals surface area contributed by atoms with E-state index in [1.54, 1.807) is 32.2 Å². The lowest BCUT2D eigenvalue weighted by molar-refractivity contribution is 0.0946. The smallest absolute Gasteiger partial charge is 0.256 e. The van der Waals surface area contributed by atoms with E-state index in [-0.39, 0.29) is 12.7 Å². The Morgan fingerprint density at radius 1 is 1.43 bits per heavy atom. The maximum atomic E-state index is 12.1. The molecule has 3 rings (SSSR count). The van der Waals surface area contributed by atoms with E-state index in [2.05, 4.69) is 10.4 Å². The summed E-state index contributed by atoms with van der Waals surface area (Å²) in [5.74, 6) is 1.74. The fourth-order valence-corrected chi connectivity index (χ4v) is 2.54. The fraction of sp³-hybridized carbons (Fsp3) is 0.333. The lowest BCUT2D eigenvalue weighted by Crippen LogP contribution is -2.28. The highest BCUT2D eigenvalue weighted by Gasteiger charge is 2.18. The molecule has 2 aromatic rings. The summed E-state index contributed by atoms with van der Waals surface area (Å²) in [4.78, 5) is 12.1. The Labute approximate surface area is 138 Å². The summed E-state index contributed by atoms with van der Waals surface area (Å²) >= 11 is 6.05. The van der Waals surface area contributed by atoms with Crippen molar-refractivity contribution in [2.24, 2.45) is 7.05 Å². The van der Waals surface area contributed by atoms with Crippen LogP contribution in [-0.2, 0) is 7.05 Å².